The van der Waals surface area contributed by atoms with Crippen LogP contribution in [-0.4, -0.2) is 80.5 Å². The first-order valence-electron chi connectivity index (χ1n) is 7.81. The first-order chi connectivity index (χ1) is 9.88. The van der Waals surface area contributed by atoms with Crippen LogP contribution in [0.2, 0.25) is 0 Å². The normalized spacial score (nSPS) is 23.1. The molecule has 0 unspecified atom stereocenters. The summed E-state index contributed by atoms with van der Waals surface area (Å²) in [5.74, 6) is 0.162. The van der Waals surface area contributed by atoms with E-state index in [1.165, 1.54) is 29.8 Å². The van der Waals surface area contributed by atoms with Crippen molar-refractivity contribution in [1.82, 2.24) is 14.1 Å². The molecule has 0 bridgehead atoms. The van der Waals surface area contributed by atoms with Crippen LogP contribution in [0.5, 0.6) is 0 Å². The first-order valence-corrected chi connectivity index (χ1v) is 9.66. The molecule has 1 amide bonds. The van der Waals surface area contributed by atoms with Gasteiger partial charge in [0.05, 0.1) is 12.8 Å². The largest absolute Gasteiger partial charge is 0.342 e. The number of rotatable bonds is 4. The van der Waals surface area contributed by atoms with Crippen LogP contribution in [-0.2, 0) is 14.8 Å². The Balaban J connectivity index is 1.78. The summed E-state index contributed by atoms with van der Waals surface area (Å²) < 4.78 is 24.4. The maximum absolute atomic E-state index is 12.3. The molecular weight excluding hydrogens is 290 g/mol. The minimum Gasteiger partial charge on any atom is -0.342 e. The van der Waals surface area contributed by atoms with E-state index >= 15 is 0 Å². The van der Waals surface area contributed by atoms with Gasteiger partial charge in [0.25, 0.3) is 0 Å². The van der Waals surface area contributed by atoms with Crippen LogP contribution in [0.3, 0.4) is 0 Å². The molecule has 6 nitrogen and oxygen atoms in total. The zero-order chi connectivity index (χ0) is 15.5. The van der Waals surface area contributed by atoms with E-state index in [1.807, 2.05) is 11.9 Å². The molecule has 21 heavy (non-hydrogen) atoms. The molecule has 0 aromatic rings. The second-order valence-corrected chi connectivity index (χ2v) is 8.22. The smallest absolute Gasteiger partial charge is 0.236 e. The van der Waals surface area contributed by atoms with Crippen molar-refractivity contribution in [2.24, 2.45) is 0 Å². The predicted octanol–water partition coefficient (Wildman–Crippen LogP) is 0.355. The second kappa shape index (κ2) is 7.07. The van der Waals surface area contributed by atoms with Gasteiger partial charge in [-0.2, -0.15) is 4.31 Å². The molecule has 1 saturated heterocycles. The molecule has 2 fully saturated rings. The number of hydrogen-bond donors (Lipinski definition) is 0. The fourth-order valence-corrected chi connectivity index (χ4v) is 4.02. The van der Waals surface area contributed by atoms with E-state index in [4.69, 9.17) is 0 Å². The average Bonchev–Trinajstić information content (AvgIpc) is 2.47. The summed E-state index contributed by atoms with van der Waals surface area (Å²) in [6.07, 6.45) is 7.19. The van der Waals surface area contributed by atoms with Gasteiger partial charge >= 0.3 is 0 Å². The van der Waals surface area contributed by atoms with Gasteiger partial charge in [-0.25, -0.2) is 8.42 Å². The highest BCUT2D eigenvalue weighted by molar-refractivity contribution is 7.88. The van der Waals surface area contributed by atoms with Crippen LogP contribution in [0.25, 0.3) is 0 Å². The topological polar surface area (TPSA) is 60.9 Å². The van der Waals surface area contributed by atoms with Gasteiger partial charge in [-0.15, -0.1) is 0 Å². The Hall–Kier alpha value is -0.660. The number of carbonyl (C=O) groups is 1. The number of nitrogens with zero attached hydrogens (tertiary/aromatic N) is 3. The summed E-state index contributed by atoms with van der Waals surface area (Å²) in [7, 11) is -1.19. The fraction of sp³-hybridized carbons (Fsp3) is 0.929. The lowest BCUT2D eigenvalue weighted by atomic mass is 9.94. The van der Waals surface area contributed by atoms with E-state index in [1.54, 1.807) is 0 Å². The van der Waals surface area contributed by atoms with Crippen molar-refractivity contribution in [3.05, 3.63) is 0 Å². The molecule has 1 aliphatic carbocycles. The van der Waals surface area contributed by atoms with Crippen molar-refractivity contribution in [3.8, 4) is 0 Å². The van der Waals surface area contributed by atoms with E-state index in [2.05, 4.69) is 4.90 Å². The molecule has 0 radical (unpaired) electrons. The van der Waals surface area contributed by atoms with Gasteiger partial charge in [-0.3, -0.25) is 9.69 Å². The lowest BCUT2D eigenvalue weighted by molar-refractivity contribution is -0.134. The molecule has 0 aromatic heterocycles. The van der Waals surface area contributed by atoms with Crippen molar-refractivity contribution >= 4 is 15.9 Å². The average molecular weight is 317 g/mol. The third kappa shape index (κ3) is 4.66. The molecule has 1 aliphatic heterocycles. The third-order valence-electron chi connectivity index (χ3n) is 4.67. The Morgan fingerprint density at radius 1 is 1.10 bits per heavy atom. The van der Waals surface area contributed by atoms with Crippen LogP contribution in [0.4, 0.5) is 0 Å². The van der Waals surface area contributed by atoms with Gasteiger partial charge in [0.15, 0.2) is 0 Å². The molecular formula is C14H27N3O3S. The molecule has 2 rings (SSSR count). The van der Waals surface area contributed by atoms with Gasteiger partial charge in [0.2, 0.25) is 15.9 Å². The molecule has 122 valence electrons. The SMILES string of the molecule is CN(C(=O)CN1CCN(S(C)(=O)=O)CC1)C1CCCCC1. The molecule has 0 aromatic carbocycles. The maximum Gasteiger partial charge on any atom is 0.236 e. The Kier molecular flexibility index (Phi) is 5.62. The zero-order valence-electron chi connectivity index (χ0n) is 13.1. The van der Waals surface area contributed by atoms with Crippen LogP contribution in [0.15, 0.2) is 0 Å². The van der Waals surface area contributed by atoms with Crippen molar-refractivity contribution in [2.75, 3.05) is 46.0 Å². The Morgan fingerprint density at radius 2 is 1.67 bits per heavy atom. The standard InChI is InChI=1S/C14H27N3O3S/c1-15(13-6-4-3-5-7-13)14(18)12-16-8-10-17(11-9-16)21(2,19)20/h13H,3-12H2,1-2H3. The van der Waals surface area contributed by atoms with Gasteiger partial charge in [0, 0.05) is 39.3 Å². The molecule has 1 saturated carbocycles. The maximum atomic E-state index is 12.3. The lowest BCUT2D eigenvalue weighted by Gasteiger charge is -2.36. The highest BCUT2D eigenvalue weighted by Gasteiger charge is 2.27. The molecule has 0 N–H and O–H groups in total. The van der Waals surface area contributed by atoms with Crippen molar-refractivity contribution in [3.63, 3.8) is 0 Å². The zero-order valence-corrected chi connectivity index (χ0v) is 13.9. The Labute approximate surface area is 128 Å². The van der Waals surface area contributed by atoms with Gasteiger partial charge in [0.1, 0.15) is 0 Å². The quantitative estimate of drug-likeness (QED) is 0.751. The summed E-state index contributed by atoms with van der Waals surface area (Å²) in [6.45, 7) is 2.65. The minimum atomic E-state index is -3.10. The number of likely N-dealkylation sites (N-methyl/N-ethyl adjacent to an activating group) is 1. The fourth-order valence-electron chi connectivity index (χ4n) is 3.19. The summed E-state index contributed by atoms with van der Waals surface area (Å²) in [4.78, 5) is 16.3. The third-order valence-corrected chi connectivity index (χ3v) is 5.98. The Morgan fingerprint density at radius 3 is 2.19 bits per heavy atom. The van der Waals surface area contributed by atoms with E-state index in [0.29, 0.717) is 38.8 Å². The summed E-state index contributed by atoms with van der Waals surface area (Å²) in [6, 6.07) is 0.392. The number of hydrogen-bond acceptors (Lipinski definition) is 4. The highest BCUT2D eigenvalue weighted by Crippen LogP contribution is 2.21. The van der Waals surface area contributed by atoms with Crippen molar-refractivity contribution in [1.29, 1.82) is 0 Å². The van der Waals surface area contributed by atoms with E-state index in [0.717, 1.165) is 12.8 Å². The van der Waals surface area contributed by atoms with Gasteiger partial charge < -0.3 is 4.90 Å². The predicted molar refractivity (Wildman–Crippen MR) is 82.5 cm³/mol. The number of piperazine rings is 1. The van der Waals surface area contributed by atoms with Crippen LogP contribution in [0.1, 0.15) is 32.1 Å². The van der Waals surface area contributed by atoms with E-state index in [9.17, 15) is 13.2 Å². The monoisotopic (exact) mass is 317 g/mol. The van der Waals surface area contributed by atoms with Crippen LogP contribution >= 0.6 is 0 Å². The van der Waals surface area contributed by atoms with Crippen LogP contribution in [0, 0.1) is 0 Å². The highest BCUT2D eigenvalue weighted by atomic mass is 32.2. The Bertz CT molecular complexity index is 452. The van der Waals surface area contributed by atoms with Crippen molar-refractivity contribution < 1.29 is 13.2 Å². The van der Waals surface area contributed by atoms with Crippen LogP contribution < -0.4 is 0 Å². The lowest BCUT2D eigenvalue weighted by Crippen LogP contribution is -2.52. The molecule has 2 aliphatic rings. The number of amides is 1. The van der Waals surface area contributed by atoms with E-state index < -0.39 is 10.0 Å². The molecule has 0 spiro atoms. The molecule has 0 atom stereocenters. The molecule has 7 heteroatoms. The molecule has 1 heterocycles. The van der Waals surface area contributed by atoms with Crippen molar-refractivity contribution in [2.45, 2.75) is 38.1 Å². The van der Waals surface area contributed by atoms with Gasteiger partial charge in [-0.05, 0) is 12.8 Å². The van der Waals surface area contributed by atoms with E-state index in [-0.39, 0.29) is 5.91 Å². The first kappa shape index (κ1) is 16.7. The summed E-state index contributed by atoms with van der Waals surface area (Å²) in [5, 5.41) is 0. The summed E-state index contributed by atoms with van der Waals surface area (Å²) >= 11 is 0. The number of sulfonamides is 1. The summed E-state index contributed by atoms with van der Waals surface area (Å²) in [5.41, 5.74) is 0. The minimum absolute atomic E-state index is 0.162. The second-order valence-electron chi connectivity index (χ2n) is 6.23. The van der Waals surface area contributed by atoms with Gasteiger partial charge in [-0.1, -0.05) is 19.3 Å². The number of carbonyl (C=O) groups excluding carboxylic acids is 1.